The highest BCUT2D eigenvalue weighted by molar-refractivity contribution is 5.23. The number of fused-ring (bicyclic) bond motifs is 3. The highest BCUT2D eigenvalue weighted by atomic mass is 16.5. The first-order valence-electron chi connectivity index (χ1n) is 8.76. The molecule has 21 heavy (non-hydrogen) atoms. The third-order valence-electron chi connectivity index (χ3n) is 5.79. The summed E-state index contributed by atoms with van der Waals surface area (Å²) in [4.78, 5) is 10.6. The molecule has 3 aliphatic rings. The first-order chi connectivity index (χ1) is 10.4. The molecule has 4 nitrogen and oxygen atoms in total. The fourth-order valence-corrected chi connectivity index (χ4v) is 4.34. The number of nitrogens with one attached hydrogen (secondary N) is 1. The summed E-state index contributed by atoms with van der Waals surface area (Å²) in [6.45, 7) is 4.25. The molecular formula is C17H27N3O. The molecule has 2 aliphatic carbocycles. The lowest BCUT2D eigenvalue weighted by Crippen LogP contribution is -2.47. The Balaban J connectivity index is 1.31. The molecule has 116 valence electrons. The zero-order valence-corrected chi connectivity index (χ0v) is 12.9. The fraction of sp³-hybridized carbons (Fsp3) is 0.824. The predicted molar refractivity (Wildman–Crippen MR) is 82.4 cm³/mol. The zero-order chi connectivity index (χ0) is 14.1. The number of aryl methyl sites for hydroxylation is 1. The SMILES string of the molecule is c1nc2c([nH]1)CCC1C2CCCN1CCOCC1CCC1. The number of ether oxygens (including phenoxy) is 1. The Morgan fingerprint density at radius 3 is 3.05 bits per heavy atom. The Hall–Kier alpha value is -0.870. The maximum Gasteiger partial charge on any atom is 0.0925 e. The van der Waals surface area contributed by atoms with E-state index >= 15 is 0 Å². The van der Waals surface area contributed by atoms with E-state index in [-0.39, 0.29) is 0 Å². The standard InChI is InChI=1S/C17H27N3O/c1-3-13(4-1)11-21-10-9-20-8-2-5-14-16(20)7-6-15-17(14)19-12-18-15/h12-14,16H,1-11H2,(H,18,19). The fourth-order valence-electron chi connectivity index (χ4n) is 4.34. The average molecular weight is 289 g/mol. The van der Waals surface area contributed by atoms with Crippen LogP contribution in [0.3, 0.4) is 0 Å². The second kappa shape index (κ2) is 6.09. The van der Waals surface area contributed by atoms with Gasteiger partial charge in [-0.3, -0.25) is 4.90 Å². The van der Waals surface area contributed by atoms with E-state index < -0.39 is 0 Å². The van der Waals surface area contributed by atoms with E-state index in [2.05, 4.69) is 14.9 Å². The number of hydrogen-bond donors (Lipinski definition) is 1. The first kappa shape index (κ1) is 13.8. The van der Waals surface area contributed by atoms with Gasteiger partial charge in [0, 0.05) is 30.8 Å². The number of nitrogens with zero attached hydrogens (tertiary/aromatic N) is 2. The zero-order valence-electron chi connectivity index (χ0n) is 12.9. The van der Waals surface area contributed by atoms with Gasteiger partial charge < -0.3 is 9.72 Å². The summed E-state index contributed by atoms with van der Waals surface area (Å²) in [5.41, 5.74) is 2.74. The van der Waals surface area contributed by atoms with Crippen molar-refractivity contribution in [2.45, 2.75) is 56.9 Å². The van der Waals surface area contributed by atoms with Crippen molar-refractivity contribution in [2.24, 2.45) is 5.92 Å². The third kappa shape index (κ3) is 2.76. The van der Waals surface area contributed by atoms with Crippen molar-refractivity contribution in [1.82, 2.24) is 14.9 Å². The Labute approximate surface area is 127 Å². The smallest absolute Gasteiger partial charge is 0.0925 e. The molecule has 2 fully saturated rings. The second-order valence-corrected chi connectivity index (χ2v) is 7.03. The number of imidazole rings is 1. The van der Waals surface area contributed by atoms with Crippen LogP contribution in [-0.4, -0.2) is 47.2 Å². The molecule has 0 bridgehead atoms. The minimum Gasteiger partial charge on any atom is -0.380 e. The lowest BCUT2D eigenvalue weighted by atomic mass is 9.79. The summed E-state index contributed by atoms with van der Waals surface area (Å²) < 4.78 is 5.91. The molecule has 4 rings (SSSR count). The second-order valence-electron chi connectivity index (χ2n) is 7.03. The van der Waals surface area contributed by atoms with Crippen LogP contribution >= 0.6 is 0 Å². The molecule has 1 saturated carbocycles. The Morgan fingerprint density at radius 2 is 2.19 bits per heavy atom. The van der Waals surface area contributed by atoms with Crippen molar-refractivity contribution in [2.75, 3.05) is 26.3 Å². The molecule has 2 heterocycles. The molecule has 1 aromatic rings. The van der Waals surface area contributed by atoms with Crippen molar-refractivity contribution >= 4 is 0 Å². The van der Waals surface area contributed by atoms with Gasteiger partial charge in [-0.2, -0.15) is 0 Å². The summed E-state index contributed by atoms with van der Waals surface area (Å²) in [5.74, 6) is 1.51. The normalized spacial score (nSPS) is 29.7. The van der Waals surface area contributed by atoms with Crippen molar-refractivity contribution in [3.8, 4) is 0 Å². The number of rotatable bonds is 5. The molecule has 0 radical (unpaired) electrons. The van der Waals surface area contributed by atoms with Gasteiger partial charge >= 0.3 is 0 Å². The van der Waals surface area contributed by atoms with Crippen molar-refractivity contribution in [3.05, 3.63) is 17.7 Å². The largest absolute Gasteiger partial charge is 0.380 e. The van der Waals surface area contributed by atoms with E-state index in [1.165, 1.54) is 56.5 Å². The van der Waals surface area contributed by atoms with E-state index in [1.807, 2.05) is 6.33 Å². The minimum atomic E-state index is 0.653. The first-order valence-corrected chi connectivity index (χ1v) is 8.76. The lowest BCUT2D eigenvalue weighted by molar-refractivity contribution is 0.0309. The van der Waals surface area contributed by atoms with Crippen LogP contribution in [0.4, 0.5) is 0 Å². The van der Waals surface area contributed by atoms with Crippen LogP contribution in [0.2, 0.25) is 0 Å². The number of piperidine rings is 1. The van der Waals surface area contributed by atoms with Gasteiger partial charge in [0.25, 0.3) is 0 Å². The van der Waals surface area contributed by atoms with E-state index in [1.54, 1.807) is 0 Å². The average Bonchev–Trinajstić information content (AvgIpc) is 2.94. The summed E-state index contributed by atoms with van der Waals surface area (Å²) in [5, 5.41) is 0. The van der Waals surface area contributed by atoms with E-state index in [0.717, 1.165) is 32.1 Å². The van der Waals surface area contributed by atoms with Crippen molar-refractivity contribution in [3.63, 3.8) is 0 Å². The van der Waals surface area contributed by atoms with Crippen molar-refractivity contribution < 1.29 is 4.74 Å². The number of hydrogen-bond acceptors (Lipinski definition) is 3. The van der Waals surface area contributed by atoms with Crippen LogP contribution in [0.15, 0.2) is 6.33 Å². The molecule has 1 aromatic heterocycles. The molecule has 1 N–H and O–H groups in total. The molecule has 0 spiro atoms. The Morgan fingerprint density at radius 1 is 1.24 bits per heavy atom. The summed E-state index contributed by atoms with van der Waals surface area (Å²) in [7, 11) is 0. The molecule has 1 saturated heterocycles. The maximum atomic E-state index is 5.91. The molecule has 4 heteroatoms. The molecule has 1 aliphatic heterocycles. The highest BCUT2D eigenvalue weighted by Gasteiger charge is 2.37. The van der Waals surface area contributed by atoms with Crippen LogP contribution in [0.5, 0.6) is 0 Å². The van der Waals surface area contributed by atoms with Gasteiger partial charge in [0.15, 0.2) is 0 Å². The predicted octanol–water partition coefficient (Wildman–Crippen LogP) is 2.72. The van der Waals surface area contributed by atoms with Gasteiger partial charge in [-0.15, -0.1) is 0 Å². The molecule has 2 unspecified atom stereocenters. The summed E-state index contributed by atoms with van der Waals surface area (Å²) in [6, 6.07) is 0.696. The van der Waals surface area contributed by atoms with Gasteiger partial charge in [-0.25, -0.2) is 4.98 Å². The van der Waals surface area contributed by atoms with Crippen LogP contribution in [0, 0.1) is 5.92 Å². The molecular weight excluding hydrogens is 262 g/mol. The van der Waals surface area contributed by atoms with E-state index in [9.17, 15) is 0 Å². The van der Waals surface area contributed by atoms with Gasteiger partial charge in [-0.05, 0) is 51.0 Å². The van der Waals surface area contributed by atoms with Crippen LogP contribution in [-0.2, 0) is 11.2 Å². The van der Waals surface area contributed by atoms with Crippen LogP contribution in [0.25, 0.3) is 0 Å². The number of likely N-dealkylation sites (tertiary alicyclic amines) is 1. The summed E-state index contributed by atoms with van der Waals surface area (Å²) >= 11 is 0. The molecule has 0 amide bonds. The Kier molecular flexibility index (Phi) is 3.99. The highest BCUT2D eigenvalue weighted by Crippen LogP contribution is 2.39. The third-order valence-corrected chi connectivity index (χ3v) is 5.79. The molecule has 2 atom stereocenters. The minimum absolute atomic E-state index is 0.653. The van der Waals surface area contributed by atoms with Gasteiger partial charge in [0.2, 0.25) is 0 Å². The summed E-state index contributed by atoms with van der Waals surface area (Å²) in [6.07, 6.45) is 11.1. The van der Waals surface area contributed by atoms with Crippen LogP contribution < -0.4 is 0 Å². The number of aromatic nitrogens is 2. The quantitative estimate of drug-likeness (QED) is 0.847. The Bertz CT molecular complexity index is 468. The van der Waals surface area contributed by atoms with E-state index in [4.69, 9.17) is 4.74 Å². The lowest BCUT2D eigenvalue weighted by Gasteiger charge is -2.43. The van der Waals surface area contributed by atoms with Gasteiger partial charge in [0.1, 0.15) is 0 Å². The van der Waals surface area contributed by atoms with Gasteiger partial charge in [-0.1, -0.05) is 6.42 Å². The van der Waals surface area contributed by atoms with E-state index in [0.29, 0.717) is 12.0 Å². The number of H-pyrrole nitrogens is 1. The monoisotopic (exact) mass is 289 g/mol. The maximum absolute atomic E-state index is 5.91. The molecule has 0 aromatic carbocycles. The van der Waals surface area contributed by atoms with Crippen molar-refractivity contribution in [1.29, 1.82) is 0 Å². The van der Waals surface area contributed by atoms with Gasteiger partial charge in [0.05, 0.1) is 18.6 Å². The topological polar surface area (TPSA) is 41.2 Å². The van der Waals surface area contributed by atoms with Crippen LogP contribution in [0.1, 0.15) is 55.8 Å². The number of aromatic amines is 1.